The van der Waals surface area contributed by atoms with Crippen LogP contribution in [-0.2, 0) is 14.4 Å². The van der Waals surface area contributed by atoms with E-state index in [9.17, 15) is 24.6 Å². The highest BCUT2D eigenvalue weighted by Gasteiger charge is 2.31. The van der Waals surface area contributed by atoms with Crippen LogP contribution in [0.5, 0.6) is 0 Å². The molecule has 11 heteroatoms. The minimum absolute atomic E-state index is 0.158. The van der Waals surface area contributed by atoms with Crippen molar-refractivity contribution in [3.63, 3.8) is 0 Å². The summed E-state index contributed by atoms with van der Waals surface area (Å²) in [6.07, 6.45) is 2.87. The lowest BCUT2D eigenvalue weighted by Crippen LogP contribution is -2.59. The van der Waals surface area contributed by atoms with Crippen LogP contribution in [0.25, 0.3) is 0 Å². The molecule has 0 fully saturated rings. The van der Waals surface area contributed by atoms with E-state index in [0.29, 0.717) is 18.6 Å². The van der Waals surface area contributed by atoms with Gasteiger partial charge in [-0.2, -0.15) is 0 Å². The molecule has 1 heterocycles. The van der Waals surface area contributed by atoms with Crippen LogP contribution in [0.1, 0.15) is 46.5 Å². The van der Waals surface area contributed by atoms with Crippen molar-refractivity contribution in [2.45, 2.75) is 76.9 Å². The lowest BCUT2D eigenvalue weighted by atomic mass is 9.96. The molecule has 31 heavy (non-hydrogen) atoms. The Kier molecular flexibility index (Phi) is 13.2. The highest BCUT2D eigenvalue weighted by atomic mass is 33.1. The van der Waals surface area contributed by atoms with Crippen LogP contribution in [0.3, 0.4) is 0 Å². The number of aliphatic hydroxyl groups excluding tert-OH is 2. The SMILES string of the molecule is CC(C)[C@@H](NC(O)[C@H]1CSSCC/C=C/CCC(=O)N[C@H](C)C(=O)N1)[C@@H](O)CC(=O)O. The van der Waals surface area contributed by atoms with Crippen molar-refractivity contribution in [1.29, 1.82) is 0 Å². The van der Waals surface area contributed by atoms with Gasteiger partial charge >= 0.3 is 5.97 Å². The van der Waals surface area contributed by atoms with Gasteiger partial charge in [0.15, 0.2) is 0 Å². The summed E-state index contributed by atoms with van der Waals surface area (Å²) < 4.78 is 0. The number of amides is 2. The van der Waals surface area contributed by atoms with Crippen molar-refractivity contribution in [3.05, 3.63) is 12.2 Å². The van der Waals surface area contributed by atoms with Crippen molar-refractivity contribution in [2.24, 2.45) is 5.92 Å². The maximum Gasteiger partial charge on any atom is 0.306 e. The Balaban J connectivity index is 2.88. The van der Waals surface area contributed by atoms with Gasteiger partial charge < -0.3 is 26.0 Å². The average molecular weight is 478 g/mol. The number of hydrogen-bond donors (Lipinski definition) is 6. The van der Waals surface area contributed by atoms with E-state index < -0.39 is 48.8 Å². The molecule has 0 bridgehead atoms. The van der Waals surface area contributed by atoms with Gasteiger partial charge in [-0.3, -0.25) is 19.7 Å². The molecule has 6 N–H and O–H groups in total. The van der Waals surface area contributed by atoms with Crippen molar-refractivity contribution in [1.82, 2.24) is 16.0 Å². The monoisotopic (exact) mass is 477 g/mol. The zero-order valence-electron chi connectivity index (χ0n) is 18.2. The second-order valence-electron chi connectivity index (χ2n) is 7.86. The first-order chi connectivity index (χ1) is 14.6. The van der Waals surface area contributed by atoms with E-state index in [-0.39, 0.29) is 11.8 Å². The zero-order valence-corrected chi connectivity index (χ0v) is 19.9. The van der Waals surface area contributed by atoms with Gasteiger partial charge in [-0.05, 0) is 25.7 Å². The number of aliphatic carboxylic acids is 1. The smallest absolute Gasteiger partial charge is 0.306 e. The Bertz CT molecular complexity index is 620. The molecule has 1 rings (SSSR count). The largest absolute Gasteiger partial charge is 0.481 e. The molecular weight excluding hydrogens is 442 g/mol. The summed E-state index contributed by atoms with van der Waals surface area (Å²) in [5.41, 5.74) is 0. The molecule has 1 unspecified atom stereocenters. The summed E-state index contributed by atoms with van der Waals surface area (Å²) in [6, 6.07) is -2.16. The minimum Gasteiger partial charge on any atom is -0.481 e. The van der Waals surface area contributed by atoms with Crippen LogP contribution in [0.2, 0.25) is 0 Å². The quantitative estimate of drug-likeness (QED) is 0.178. The highest BCUT2D eigenvalue weighted by molar-refractivity contribution is 8.76. The van der Waals surface area contributed by atoms with Gasteiger partial charge in [0.1, 0.15) is 12.3 Å². The Morgan fingerprint density at radius 2 is 1.87 bits per heavy atom. The molecule has 0 spiro atoms. The van der Waals surface area contributed by atoms with Crippen LogP contribution < -0.4 is 16.0 Å². The number of allylic oxidation sites excluding steroid dienone is 2. The number of aliphatic hydroxyl groups is 2. The molecule has 178 valence electrons. The standard InChI is InChI=1S/C20H35N3O6S2/c1-12(2)18(15(24)10-17(26)27)23-20(29)14-11-31-30-9-7-5-4-6-8-16(25)21-13(3)19(28)22-14/h4-5,12-15,18,20,23-24,29H,6-11H2,1-3H3,(H,21,25)(H,22,28)(H,26,27)/b5-4+/t13-,14-,15+,18-,20?/m1/s1. The van der Waals surface area contributed by atoms with Gasteiger partial charge in [0.25, 0.3) is 0 Å². The van der Waals surface area contributed by atoms with Gasteiger partial charge in [0, 0.05) is 24.0 Å². The summed E-state index contributed by atoms with van der Waals surface area (Å²) in [5, 5.41) is 38.3. The Morgan fingerprint density at radius 3 is 2.52 bits per heavy atom. The summed E-state index contributed by atoms with van der Waals surface area (Å²) in [4.78, 5) is 35.6. The molecule has 2 amide bonds. The van der Waals surface area contributed by atoms with Gasteiger partial charge in [-0.15, -0.1) is 0 Å². The molecule has 0 radical (unpaired) electrons. The number of nitrogens with one attached hydrogen (secondary N) is 3. The van der Waals surface area contributed by atoms with Gasteiger partial charge in [0.05, 0.1) is 18.6 Å². The molecule has 1 aliphatic rings. The average Bonchev–Trinajstić information content (AvgIpc) is 2.68. The Labute approximate surface area is 191 Å². The second kappa shape index (κ2) is 14.7. The van der Waals surface area contributed by atoms with Gasteiger partial charge in [-0.1, -0.05) is 47.6 Å². The summed E-state index contributed by atoms with van der Waals surface area (Å²) in [5.74, 6) is -0.717. The molecule has 0 aromatic carbocycles. The first-order valence-electron chi connectivity index (χ1n) is 10.4. The van der Waals surface area contributed by atoms with Crippen LogP contribution >= 0.6 is 21.6 Å². The minimum atomic E-state index is -1.22. The van der Waals surface area contributed by atoms with E-state index in [4.69, 9.17) is 5.11 Å². The van der Waals surface area contributed by atoms with Crippen molar-refractivity contribution >= 4 is 39.4 Å². The van der Waals surface area contributed by atoms with Crippen molar-refractivity contribution in [3.8, 4) is 0 Å². The third kappa shape index (κ3) is 11.2. The maximum absolute atomic E-state index is 12.6. The van der Waals surface area contributed by atoms with Gasteiger partial charge in [-0.25, -0.2) is 0 Å². The fourth-order valence-electron chi connectivity index (χ4n) is 3.01. The second-order valence-corrected chi connectivity index (χ2v) is 10.5. The fraction of sp³-hybridized carbons (Fsp3) is 0.750. The summed E-state index contributed by atoms with van der Waals surface area (Å²) in [6.45, 7) is 5.19. The molecule has 0 saturated heterocycles. The number of carboxylic acid groups (broad SMARTS) is 1. The van der Waals surface area contributed by atoms with Crippen LogP contribution in [0, 0.1) is 5.92 Å². The number of carboxylic acids is 1. The predicted octanol–water partition coefficient (Wildman–Crippen LogP) is 0.866. The van der Waals surface area contributed by atoms with E-state index in [2.05, 4.69) is 16.0 Å². The lowest BCUT2D eigenvalue weighted by Gasteiger charge is -2.33. The molecule has 0 saturated carbocycles. The molecule has 0 aliphatic carbocycles. The lowest BCUT2D eigenvalue weighted by molar-refractivity contribution is -0.140. The summed E-state index contributed by atoms with van der Waals surface area (Å²) >= 11 is 0. The number of carbonyl (C=O) groups excluding carboxylic acids is 2. The number of rotatable bonds is 7. The molecular formula is C20H35N3O6S2. The molecule has 0 aromatic heterocycles. The normalized spacial score (nSPS) is 26.0. The van der Waals surface area contributed by atoms with Crippen LogP contribution in [0.4, 0.5) is 0 Å². The third-order valence-electron chi connectivity index (χ3n) is 4.76. The number of carbonyl (C=O) groups is 3. The highest BCUT2D eigenvalue weighted by Crippen LogP contribution is 2.24. The molecule has 9 nitrogen and oxygen atoms in total. The van der Waals surface area contributed by atoms with Crippen LogP contribution in [-0.4, -0.2) is 75.1 Å². The first-order valence-corrected chi connectivity index (χ1v) is 12.9. The van der Waals surface area contributed by atoms with E-state index in [1.807, 2.05) is 12.2 Å². The van der Waals surface area contributed by atoms with E-state index in [1.54, 1.807) is 31.6 Å². The van der Waals surface area contributed by atoms with Crippen LogP contribution in [0.15, 0.2) is 12.2 Å². The Hall–Kier alpha value is -1.27. The Morgan fingerprint density at radius 1 is 1.19 bits per heavy atom. The van der Waals surface area contributed by atoms with Crippen molar-refractivity contribution in [2.75, 3.05) is 11.5 Å². The zero-order chi connectivity index (χ0) is 23.4. The van der Waals surface area contributed by atoms with E-state index in [1.165, 1.54) is 10.8 Å². The van der Waals surface area contributed by atoms with Gasteiger partial charge in [0.2, 0.25) is 11.8 Å². The third-order valence-corrected chi connectivity index (χ3v) is 7.24. The fourth-order valence-corrected chi connectivity index (χ4v) is 5.24. The predicted molar refractivity (Wildman–Crippen MR) is 123 cm³/mol. The van der Waals surface area contributed by atoms with Crippen molar-refractivity contribution < 1.29 is 29.7 Å². The molecule has 0 aromatic rings. The van der Waals surface area contributed by atoms with E-state index >= 15 is 0 Å². The first kappa shape index (κ1) is 27.8. The maximum atomic E-state index is 12.6. The number of hydrogen-bond acceptors (Lipinski definition) is 8. The summed E-state index contributed by atoms with van der Waals surface area (Å²) in [7, 11) is 3.12. The molecule has 1 aliphatic heterocycles. The topological polar surface area (TPSA) is 148 Å². The molecule has 5 atom stereocenters. The van der Waals surface area contributed by atoms with E-state index in [0.717, 1.165) is 12.2 Å².